The molecule has 0 bridgehead atoms. The van der Waals surface area contributed by atoms with Crippen molar-refractivity contribution >= 4 is 17.6 Å². The number of amides is 1. The van der Waals surface area contributed by atoms with E-state index in [1.807, 2.05) is 5.32 Å². The molecule has 0 fully saturated rings. The van der Waals surface area contributed by atoms with Crippen LogP contribution < -0.4 is 11.1 Å². The van der Waals surface area contributed by atoms with Gasteiger partial charge in [0.15, 0.2) is 6.04 Å². The number of nitrogens with two attached hydrogens (primary N) is 1. The third-order valence-electron chi connectivity index (χ3n) is 2.27. The number of carboxylic acids is 1. The summed E-state index contributed by atoms with van der Waals surface area (Å²) in [5, 5.41) is 20.0. The van der Waals surface area contributed by atoms with Crippen LogP contribution in [0.1, 0.15) is 17.3 Å². The molecule has 1 aromatic carbocycles. The van der Waals surface area contributed by atoms with Gasteiger partial charge in [-0.05, 0) is 25.1 Å². The number of nitrogens with one attached hydrogen (secondary N) is 1. The molecule has 0 aromatic heterocycles. The van der Waals surface area contributed by atoms with Crippen LogP contribution in [0.25, 0.3) is 0 Å². The summed E-state index contributed by atoms with van der Waals surface area (Å²) in [7, 11) is 0. The Bertz CT molecular complexity index is 476. The summed E-state index contributed by atoms with van der Waals surface area (Å²) in [5.41, 5.74) is 5.13. The summed E-state index contributed by atoms with van der Waals surface area (Å²) in [6.45, 7) is 1.21. The summed E-state index contributed by atoms with van der Waals surface area (Å²) in [6.07, 6.45) is -1.30. The number of aliphatic hydroxyl groups excluding tert-OH is 1. The first-order valence-electron chi connectivity index (χ1n) is 5.09. The lowest BCUT2D eigenvalue weighted by molar-refractivity contribution is -0.141. The maximum absolute atomic E-state index is 13.4. The van der Waals surface area contributed by atoms with Crippen LogP contribution in [-0.2, 0) is 4.79 Å². The minimum absolute atomic E-state index is 0.148. The molecule has 5 N–H and O–H groups in total. The minimum Gasteiger partial charge on any atom is -0.480 e. The second-order valence-electron chi connectivity index (χ2n) is 3.77. The fourth-order valence-electron chi connectivity index (χ4n) is 1.32. The third kappa shape index (κ3) is 3.17. The van der Waals surface area contributed by atoms with Crippen LogP contribution in [-0.4, -0.2) is 34.2 Å². The molecule has 0 aliphatic heterocycles. The summed E-state index contributed by atoms with van der Waals surface area (Å²) in [4.78, 5) is 22.4. The summed E-state index contributed by atoms with van der Waals surface area (Å²) < 4.78 is 13.4. The van der Waals surface area contributed by atoms with Crippen molar-refractivity contribution < 1.29 is 24.2 Å². The van der Waals surface area contributed by atoms with Crippen molar-refractivity contribution in [3.63, 3.8) is 0 Å². The number of carbonyl (C=O) groups excluding carboxylic acids is 1. The zero-order valence-electron chi connectivity index (χ0n) is 9.55. The van der Waals surface area contributed by atoms with E-state index in [1.54, 1.807) is 0 Å². The van der Waals surface area contributed by atoms with E-state index < -0.39 is 29.8 Å². The molecule has 0 spiro atoms. The van der Waals surface area contributed by atoms with E-state index in [0.29, 0.717) is 0 Å². The highest BCUT2D eigenvalue weighted by Crippen LogP contribution is 2.12. The van der Waals surface area contributed by atoms with Crippen molar-refractivity contribution in [3.8, 4) is 0 Å². The normalized spacial score (nSPS) is 13.7. The average molecular weight is 256 g/mol. The molecule has 0 unspecified atom stereocenters. The second-order valence-corrected chi connectivity index (χ2v) is 3.77. The number of carbonyl (C=O) groups is 2. The molecule has 98 valence electrons. The Kier molecular flexibility index (Phi) is 4.22. The fraction of sp³-hybridized carbons (Fsp3) is 0.273. The van der Waals surface area contributed by atoms with Gasteiger partial charge < -0.3 is 21.3 Å². The molecule has 7 heteroatoms. The Balaban J connectivity index is 2.91. The van der Waals surface area contributed by atoms with Crippen LogP contribution >= 0.6 is 0 Å². The van der Waals surface area contributed by atoms with Gasteiger partial charge in [-0.25, -0.2) is 9.18 Å². The van der Waals surface area contributed by atoms with E-state index in [-0.39, 0.29) is 11.3 Å². The molecule has 0 heterocycles. The number of hydrogen-bond acceptors (Lipinski definition) is 4. The highest BCUT2D eigenvalue weighted by Gasteiger charge is 2.26. The smallest absolute Gasteiger partial charge is 0.328 e. The number of anilines is 1. The summed E-state index contributed by atoms with van der Waals surface area (Å²) >= 11 is 0. The minimum atomic E-state index is -1.51. The molecule has 18 heavy (non-hydrogen) atoms. The molecular weight excluding hydrogens is 243 g/mol. The topological polar surface area (TPSA) is 113 Å². The van der Waals surface area contributed by atoms with Crippen molar-refractivity contribution in [2.75, 3.05) is 5.73 Å². The van der Waals surface area contributed by atoms with Crippen molar-refractivity contribution in [3.05, 3.63) is 29.6 Å². The van der Waals surface area contributed by atoms with Gasteiger partial charge in [0, 0.05) is 5.69 Å². The largest absolute Gasteiger partial charge is 0.480 e. The van der Waals surface area contributed by atoms with Gasteiger partial charge >= 0.3 is 5.97 Å². The zero-order valence-corrected chi connectivity index (χ0v) is 9.55. The van der Waals surface area contributed by atoms with E-state index in [4.69, 9.17) is 10.8 Å². The van der Waals surface area contributed by atoms with Crippen molar-refractivity contribution in [2.45, 2.75) is 19.1 Å². The van der Waals surface area contributed by atoms with E-state index in [0.717, 1.165) is 12.1 Å². The number of halogens is 1. The number of benzene rings is 1. The predicted octanol–water partition coefficient (Wildman–Crippen LogP) is -0.0283. The van der Waals surface area contributed by atoms with Gasteiger partial charge in [-0.15, -0.1) is 0 Å². The molecule has 1 amide bonds. The Hall–Kier alpha value is -2.15. The molecule has 0 saturated carbocycles. The van der Waals surface area contributed by atoms with Gasteiger partial charge in [-0.2, -0.15) is 0 Å². The molecule has 0 saturated heterocycles. The molecule has 0 aliphatic rings. The second kappa shape index (κ2) is 5.46. The monoisotopic (exact) mass is 256 g/mol. The van der Waals surface area contributed by atoms with Crippen LogP contribution in [0.15, 0.2) is 18.2 Å². The van der Waals surface area contributed by atoms with E-state index >= 15 is 0 Å². The van der Waals surface area contributed by atoms with Crippen LogP contribution in [0.2, 0.25) is 0 Å². The van der Waals surface area contributed by atoms with Gasteiger partial charge in [0.2, 0.25) is 0 Å². The molecule has 6 nitrogen and oxygen atoms in total. The lowest BCUT2D eigenvalue weighted by Crippen LogP contribution is -2.47. The fourth-order valence-corrected chi connectivity index (χ4v) is 1.32. The lowest BCUT2D eigenvalue weighted by atomic mass is 10.1. The maximum Gasteiger partial charge on any atom is 0.328 e. The number of carboxylic acid groups (broad SMARTS) is 1. The quantitative estimate of drug-likeness (QED) is 0.565. The Morgan fingerprint density at radius 2 is 2.06 bits per heavy atom. The average Bonchev–Trinajstić information content (AvgIpc) is 2.24. The lowest BCUT2D eigenvalue weighted by Gasteiger charge is -2.17. The third-order valence-corrected chi connectivity index (χ3v) is 2.27. The van der Waals surface area contributed by atoms with Crippen LogP contribution in [0.4, 0.5) is 10.1 Å². The number of rotatable bonds is 4. The summed E-state index contributed by atoms with van der Waals surface area (Å²) in [6, 6.07) is 1.90. The number of nitrogen functional groups attached to an aromatic ring is 1. The highest BCUT2D eigenvalue weighted by atomic mass is 19.1. The van der Waals surface area contributed by atoms with Crippen LogP contribution in [0, 0.1) is 5.82 Å². The first-order chi connectivity index (χ1) is 8.32. The standard InChI is InChI=1S/C11H13FN2O4/c1-5(15)9(11(17)18)14-10(16)7-3-2-6(13)4-8(7)12/h2-5,9,15H,13H2,1H3,(H,14,16)(H,17,18)/t5-,9+/m1/s1. The van der Waals surface area contributed by atoms with Crippen molar-refractivity contribution in [2.24, 2.45) is 0 Å². The first kappa shape index (κ1) is 13.9. The Morgan fingerprint density at radius 1 is 1.44 bits per heavy atom. The van der Waals surface area contributed by atoms with Crippen LogP contribution in [0.3, 0.4) is 0 Å². The predicted molar refractivity (Wildman–Crippen MR) is 61.4 cm³/mol. The molecule has 2 atom stereocenters. The van der Waals surface area contributed by atoms with Crippen molar-refractivity contribution in [1.29, 1.82) is 0 Å². The zero-order chi connectivity index (χ0) is 13.9. The van der Waals surface area contributed by atoms with E-state index in [9.17, 15) is 19.1 Å². The maximum atomic E-state index is 13.4. The molecule has 1 rings (SSSR count). The summed E-state index contributed by atoms with van der Waals surface area (Å²) in [5.74, 6) is -3.20. The molecule has 0 radical (unpaired) electrons. The number of hydrogen-bond donors (Lipinski definition) is 4. The molecule has 1 aromatic rings. The molecule has 0 aliphatic carbocycles. The van der Waals surface area contributed by atoms with Gasteiger partial charge in [0.05, 0.1) is 11.7 Å². The van der Waals surface area contributed by atoms with Gasteiger partial charge in [-0.3, -0.25) is 4.79 Å². The van der Waals surface area contributed by atoms with Crippen LogP contribution in [0.5, 0.6) is 0 Å². The van der Waals surface area contributed by atoms with Gasteiger partial charge in [-0.1, -0.05) is 0 Å². The van der Waals surface area contributed by atoms with Gasteiger partial charge in [0.25, 0.3) is 5.91 Å². The van der Waals surface area contributed by atoms with Crippen molar-refractivity contribution in [1.82, 2.24) is 5.32 Å². The van der Waals surface area contributed by atoms with Gasteiger partial charge in [0.1, 0.15) is 5.82 Å². The van der Waals surface area contributed by atoms with E-state index in [1.165, 1.54) is 13.0 Å². The van der Waals surface area contributed by atoms with E-state index in [2.05, 4.69) is 0 Å². The number of aliphatic carboxylic acids is 1. The highest BCUT2D eigenvalue weighted by molar-refractivity contribution is 5.97. The molecular formula is C11H13FN2O4. The number of aliphatic hydroxyl groups is 1. The Morgan fingerprint density at radius 3 is 2.50 bits per heavy atom. The Labute approximate surface area is 102 Å². The SMILES string of the molecule is C[C@@H](O)[C@H](NC(=O)c1ccc(N)cc1F)C(=O)O. The first-order valence-corrected chi connectivity index (χ1v) is 5.09.